The topological polar surface area (TPSA) is 37.3 Å². The van der Waals surface area contributed by atoms with Crippen molar-refractivity contribution in [3.63, 3.8) is 0 Å². The summed E-state index contributed by atoms with van der Waals surface area (Å²) in [5.41, 5.74) is 1.76. The Labute approximate surface area is 128 Å². The maximum absolute atomic E-state index is 11.4. The van der Waals surface area contributed by atoms with Gasteiger partial charge in [-0.15, -0.1) is 0 Å². The zero-order valence-electron chi connectivity index (χ0n) is 10.7. The second kappa shape index (κ2) is 6.78. The number of halogens is 2. The first-order chi connectivity index (χ1) is 9.56. The molecule has 0 aliphatic rings. The van der Waals surface area contributed by atoms with Crippen molar-refractivity contribution in [2.45, 2.75) is 12.8 Å². The van der Waals surface area contributed by atoms with Gasteiger partial charge in [-0.25, -0.2) is 0 Å². The van der Waals surface area contributed by atoms with Crippen LogP contribution in [-0.2, 0) is 17.6 Å². The molecule has 0 heterocycles. The molecule has 0 aromatic heterocycles. The van der Waals surface area contributed by atoms with Gasteiger partial charge in [0.05, 0.1) is 5.92 Å². The minimum atomic E-state index is -0.829. The van der Waals surface area contributed by atoms with Gasteiger partial charge < -0.3 is 5.11 Å². The number of rotatable bonds is 5. The molecular weight excluding hydrogens is 295 g/mol. The fourth-order valence-electron chi connectivity index (χ4n) is 2.11. The van der Waals surface area contributed by atoms with Gasteiger partial charge in [0.2, 0.25) is 0 Å². The van der Waals surface area contributed by atoms with Crippen LogP contribution in [0.25, 0.3) is 0 Å². The van der Waals surface area contributed by atoms with E-state index in [1.54, 1.807) is 18.2 Å². The van der Waals surface area contributed by atoms with Gasteiger partial charge in [-0.3, -0.25) is 4.79 Å². The fourth-order valence-corrected chi connectivity index (χ4v) is 2.50. The third kappa shape index (κ3) is 3.99. The summed E-state index contributed by atoms with van der Waals surface area (Å²) >= 11 is 12.0. The summed E-state index contributed by atoms with van der Waals surface area (Å²) in [5, 5.41) is 10.5. The Morgan fingerprint density at radius 3 is 2.40 bits per heavy atom. The van der Waals surface area contributed by atoms with E-state index in [2.05, 4.69) is 0 Å². The summed E-state index contributed by atoms with van der Waals surface area (Å²) in [6, 6.07) is 14.7. The molecule has 0 aliphatic heterocycles. The highest BCUT2D eigenvalue weighted by molar-refractivity contribution is 6.33. The van der Waals surface area contributed by atoms with Gasteiger partial charge in [-0.2, -0.15) is 0 Å². The highest BCUT2D eigenvalue weighted by Crippen LogP contribution is 2.24. The van der Waals surface area contributed by atoms with Crippen molar-refractivity contribution in [2.75, 3.05) is 0 Å². The van der Waals surface area contributed by atoms with Crippen LogP contribution in [0.15, 0.2) is 48.5 Å². The Morgan fingerprint density at radius 1 is 1.05 bits per heavy atom. The van der Waals surface area contributed by atoms with E-state index in [4.69, 9.17) is 23.2 Å². The molecule has 1 atom stereocenters. The molecule has 2 aromatic rings. The molecule has 0 amide bonds. The molecule has 0 saturated heterocycles. The van der Waals surface area contributed by atoms with E-state index < -0.39 is 11.9 Å². The van der Waals surface area contributed by atoms with Crippen LogP contribution in [0, 0.1) is 5.92 Å². The van der Waals surface area contributed by atoms with Gasteiger partial charge in [0.25, 0.3) is 0 Å². The zero-order valence-corrected chi connectivity index (χ0v) is 12.2. The molecule has 0 spiro atoms. The Bertz CT molecular complexity index is 597. The molecule has 1 N–H and O–H groups in total. The lowest BCUT2D eigenvalue weighted by atomic mass is 9.92. The van der Waals surface area contributed by atoms with E-state index in [1.807, 2.05) is 30.3 Å². The summed E-state index contributed by atoms with van der Waals surface area (Å²) in [7, 11) is 0. The molecule has 4 heteroatoms. The Hall–Kier alpha value is -1.51. The summed E-state index contributed by atoms with van der Waals surface area (Å²) in [6.07, 6.45) is 0.836. The number of carbonyl (C=O) groups is 1. The lowest BCUT2D eigenvalue weighted by molar-refractivity contribution is -0.141. The Morgan fingerprint density at radius 2 is 1.75 bits per heavy atom. The van der Waals surface area contributed by atoms with Crippen molar-refractivity contribution in [3.8, 4) is 0 Å². The number of hydrogen-bond acceptors (Lipinski definition) is 1. The van der Waals surface area contributed by atoms with E-state index in [9.17, 15) is 9.90 Å². The van der Waals surface area contributed by atoms with Crippen LogP contribution in [0.4, 0.5) is 0 Å². The average molecular weight is 309 g/mol. The standard InChI is InChI=1S/C16H14Cl2O2/c17-14-6-7-15(18)12(10-14)9-13(16(19)20)8-11-4-2-1-3-5-11/h1-7,10,13H,8-9H2,(H,19,20). The molecule has 2 rings (SSSR count). The summed E-state index contributed by atoms with van der Waals surface area (Å²) < 4.78 is 0. The maximum atomic E-state index is 11.4. The number of aliphatic carboxylic acids is 1. The number of carboxylic acid groups (broad SMARTS) is 1. The largest absolute Gasteiger partial charge is 0.481 e. The lowest BCUT2D eigenvalue weighted by Gasteiger charge is -2.14. The Kier molecular flexibility index (Phi) is 5.05. The van der Waals surface area contributed by atoms with Crippen LogP contribution in [0.1, 0.15) is 11.1 Å². The normalized spacial score (nSPS) is 12.1. The van der Waals surface area contributed by atoms with Crippen molar-refractivity contribution >= 4 is 29.2 Å². The van der Waals surface area contributed by atoms with Crippen LogP contribution >= 0.6 is 23.2 Å². The van der Waals surface area contributed by atoms with E-state index in [0.717, 1.165) is 11.1 Å². The molecule has 20 heavy (non-hydrogen) atoms. The molecule has 104 valence electrons. The van der Waals surface area contributed by atoms with Crippen molar-refractivity contribution < 1.29 is 9.90 Å². The molecule has 0 saturated carbocycles. The van der Waals surface area contributed by atoms with E-state index in [1.165, 1.54) is 0 Å². The van der Waals surface area contributed by atoms with Crippen LogP contribution in [-0.4, -0.2) is 11.1 Å². The van der Waals surface area contributed by atoms with Crippen molar-refractivity contribution in [3.05, 3.63) is 69.7 Å². The summed E-state index contributed by atoms with van der Waals surface area (Å²) in [4.78, 5) is 11.4. The monoisotopic (exact) mass is 308 g/mol. The lowest BCUT2D eigenvalue weighted by Crippen LogP contribution is -2.19. The van der Waals surface area contributed by atoms with Crippen LogP contribution < -0.4 is 0 Å². The highest BCUT2D eigenvalue weighted by Gasteiger charge is 2.20. The van der Waals surface area contributed by atoms with Gasteiger partial charge in [-0.05, 0) is 42.2 Å². The minimum absolute atomic E-state index is 0.365. The van der Waals surface area contributed by atoms with Crippen molar-refractivity contribution in [1.29, 1.82) is 0 Å². The first kappa shape index (κ1) is 14.9. The summed E-state index contributed by atoms with van der Waals surface area (Å²) in [6.45, 7) is 0. The fraction of sp³-hybridized carbons (Fsp3) is 0.188. The SMILES string of the molecule is O=C(O)C(Cc1ccccc1)Cc1cc(Cl)ccc1Cl. The molecule has 2 aromatic carbocycles. The molecule has 0 radical (unpaired) electrons. The van der Waals surface area contributed by atoms with Gasteiger partial charge in [0, 0.05) is 10.0 Å². The zero-order chi connectivity index (χ0) is 14.5. The third-order valence-corrected chi connectivity index (χ3v) is 3.75. The second-order valence-corrected chi connectivity index (χ2v) is 5.51. The third-order valence-electron chi connectivity index (χ3n) is 3.15. The van der Waals surface area contributed by atoms with E-state index >= 15 is 0 Å². The first-order valence-electron chi connectivity index (χ1n) is 6.27. The van der Waals surface area contributed by atoms with Gasteiger partial charge in [-0.1, -0.05) is 53.5 Å². The number of hydrogen-bond donors (Lipinski definition) is 1. The van der Waals surface area contributed by atoms with Gasteiger partial charge in [0.15, 0.2) is 0 Å². The van der Waals surface area contributed by atoms with Gasteiger partial charge >= 0.3 is 5.97 Å². The first-order valence-corrected chi connectivity index (χ1v) is 7.02. The number of carboxylic acids is 1. The predicted molar refractivity (Wildman–Crippen MR) is 81.4 cm³/mol. The quantitative estimate of drug-likeness (QED) is 0.884. The van der Waals surface area contributed by atoms with Crippen LogP contribution in [0.5, 0.6) is 0 Å². The second-order valence-electron chi connectivity index (χ2n) is 4.66. The van der Waals surface area contributed by atoms with E-state index in [0.29, 0.717) is 22.9 Å². The molecular formula is C16H14Cl2O2. The smallest absolute Gasteiger partial charge is 0.307 e. The van der Waals surface area contributed by atoms with Gasteiger partial charge in [0.1, 0.15) is 0 Å². The number of benzene rings is 2. The molecule has 0 bridgehead atoms. The molecule has 0 aliphatic carbocycles. The molecule has 0 fully saturated rings. The Balaban J connectivity index is 2.18. The maximum Gasteiger partial charge on any atom is 0.307 e. The van der Waals surface area contributed by atoms with Crippen LogP contribution in [0.2, 0.25) is 10.0 Å². The van der Waals surface area contributed by atoms with Crippen LogP contribution in [0.3, 0.4) is 0 Å². The van der Waals surface area contributed by atoms with Crippen molar-refractivity contribution in [2.24, 2.45) is 5.92 Å². The average Bonchev–Trinajstić information content (AvgIpc) is 2.43. The molecule has 2 nitrogen and oxygen atoms in total. The summed E-state index contributed by atoms with van der Waals surface area (Å²) in [5.74, 6) is -1.35. The highest BCUT2D eigenvalue weighted by atomic mass is 35.5. The molecule has 1 unspecified atom stereocenters. The van der Waals surface area contributed by atoms with Crippen molar-refractivity contribution in [1.82, 2.24) is 0 Å². The minimum Gasteiger partial charge on any atom is -0.481 e. The van der Waals surface area contributed by atoms with E-state index in [-0.39, 0.29) is 0 Å². The predicted octanol–water partition coefficient (Wildman–Crippen LogP) is 4.48.